The predicted molar refractivity (Wildman–Crippen MR) is 44.8 cm³/mol. The van der Waals surface area contributed by atoms with Crippen LogP contribution < -0.4 is 0 Å². The fraction of sp³-hybridized carbons (Fsp3) is 0.333. The van der Waals surface area contributed by atoms with E-state index in [0.717, 1.165) is 0 Å². The molecule has 1 aromatic carbocycles. The molecule has 0 aromatic heterocycles. The number of phenols is 1. The second kappa shape index (κ2) is 3.56. The summed E-state index contributed by atoms with van der Waals surface area (Å²) in [4.78, 5) is 0. The van der Waals surface area contributed by atoms with Crippen LogP contribution in [-0.4, -0.2) is 17.3 Å². The highest BCUT2D eigenvalue weighted by Gasteiger charge is 2.10. The van der Waals surface area contributed by atoms with Crippen LogP contribution in [0.25, 0.3) is 0 Å². The number of aliphatic hydroxyl groups excluding tert-OH is 1. The van der Waals surface area contributed by atoms with Crippen LogP contribution >= 0.6 is 0 Å². The van der Waals surface area contributed by atoms with Gasteiger partial charge in [0.1, 0.15) is 5.75 Å². The molecule has 3 nitrogen and oxygen atoms in total. The molecule has 0 amide bonds. The lowest BCUT2D eigenvalue weighted by Crippen LogP contribution is -2.01. The van der Waals surface area contributed by atoms with E-state index in [1.54, 1.807) is 25.1 Å². The van der Waals surface area contributed by atoms with Crippen molar-refractivity contribution in [2.75, 3.05) is 7.11 Å². The van der Waals surface area contributed by atoms with Gasteiger partial charge in [-0.05, 0) is 18.6 Å². The maximum Gasteiger partial charge on any atom is 0.181 e. The van der Waals surface area contributed by atoms with Gasteiger partial charge in [0.15, 0.2) is 6.29 Å². The Morgan fingerprint density at radius 1 is 1.42 bits per heavy atom. The summed E-state index contributed by atoms with van der Waals surface area (Å²) in [7, 11) is 1.41. The molecule has 1 unspecified atom stereocenters. The van der Waals surface area contributed by atoms with Gasteiger partial charge in [0, 0.05) is 12.7 Å². The number of hydrogen-bond acceptors (Lipinski definition) is 3. The van der Waals surface area contributed by atoms with E-state index >= 15 is 0 Å². The van der Waals surface area contributed by atoms with Crippen LogP contribution in [0.2, 0.25) is 0 Å². The van der Waals surface area contributed by atoms with E-state index < -0.39 is 6.29 Å². The molecular weight excluding hydrogens is 156 g/mol. The summed E-state index contributed by atoms with van der Waals surface area (Å²) < 4.78 is 4.72. The van der Waals surface area contributed by atoms with Gasteiger partial charge in [-0.1, -0.05) is 12.1 Å². The maximum atomic E-state index is 9.30. The first-order chi connectivity index (χ1) is 5.66. The van der Waals surface area contributed by atoms with E-state index in [4.69, 9.17) is 4.74 Å². The number of aliphatic hydroxyl groups is 1. The number of rotatable bonds is 2. The second-order valence-electron chi connectivity index (χ2n) is 2.58. The molecule has 0 bridgehead atoms. The van der Waals surface area contributed by atoms with Gasteiger partial charge < -0.3 is 14.9 Å². The number of benzene rings is 1. The predicted octanol–water partition coefficient (Wildman–Crippen LogP) is 1.34. The average Bonchev–Trinajstić information content (AvgIpc) is 2.08. The van der Waals surface area contributed by atoms with E-state index in [2.05, 4.69) is 0 Å². The third kappa shape index (κ3) is 1.57. The largest absolute Gasteiger partial charge is 0.508 e. The van der Waals surface area contributed by atoms with Crippen molar-refractivity contribution in [2.24, 2.45) is 0 Å². The highest BCUT2D eigenvalue weighted by atomic mass is 16.6. The van der Waals surface area contributed by atoms with E-state index in [1.807, 2.05) is 0 Å². The van der Waals surface area contributed by atoms with Gasteiger partial charge in [0.2, 0.25) is 0 Å². The van der Waals surface area contributed by atoms with Crippen LogP contribution in [0.5, 0.6) is 5.75 Å². The molecule has 0 radical (unpaired) electrons. The monoisotopic (exact) mass is 168 g/mol. The normalized spacial score (nSPS) is 12.9. The lowest BCUT2D eigenvalue weighted by atomic mass is 10.1. The van der Waals surface area contributed by atoms with Gasteiger partial charge in [0.05, 0.1) is 0 Å². The zero-order chi connectivity index (χ0) is 9.14. The summed E-state index contributed by atoms with van der Waals surface area (Å²) in [6.07, 6.45) is -0.961. The Bertz CT molecular complexity index is 270. The minimum absolute atomic E-state index is 0.170. The van der Waals surface area contributed by atoms with Gasteiger partial charge in [-0.3, -0.25) is 0 Å². The van der Waals surface area contributed by atoms with Crippen LogP contribution in [0.15, 0.2) is 18.2 Å². The molecule has 3 heteroatoms. The van der Waals surface area contributed by atoms with Gasteiger partial charge in [-0.15, -0.1) is 0 Å². The molecule has 0 aliphatic carbocycles. The number of methoxy groups -OCH3 is 1. The highest BCUT2D eigenvalue weighted by Crippen LogP contribution is 2.24. The summed E-state index contributed by atoms with van der Waals surface area (Å²) in [5.41, 5.74) is 1.24. The third-order valence-corrected chi connectivity index (χ3v) is 1.84. The molecule has 1 atom stereocenters. The number of hydrogen-bond donors (Lipinski definition) is 2. The van der Waals surface area contributed by atoms with Crippen LogP contribution in [0.3, 0.4) is 0 Å². The van der Waals surface area contributed by atoms with Crippen molar-refractivity contribution >= 4 is 0 Å². The Morgan fingerprint density at radius 2 is 2.08 bits per heavy atom. The van der Waals surface area contributed by atoms with Gasteiger partial charge in [-0.2, -0.15) is 0 Å². The Morgan fingerprint density at radius 3 is 2.67 bits per heavy atom. The molecule has 0 saturated carbocycles. The van der Waals surface area contributed by atoms with E-state index in [0.29, 0.717) is 11.1 Å². The molecule has 0 heterocycles. The summed E-state index contributed by atoms with van der Waals surface area (Å²) in [5.74, 6) is 0.170. The van der Waals surface area contributed by atoms with Crippen molar-refractivity contribution in [3.63, 3.8) is 0 Å². The summed E-state index contributed by atoms with van der Waals surface area (Å²) in [6, 6.07) is 4.95. The SMILES string of the molecule is COC(O)c1cccc(O)c1C. The minimum Gasteiger partial charge on any atom is -0.508 e. The Labute approximate surface area is 71.2 Å². The molecule has 12 heavy (non-hydrogen) atoms. The average molecular weight is 168 g/mol. The first-order valence-electron chi connectivity index (χ1n) is 3.66. The summed E-state index contributed by atoms with van der Waals surface area (Å²) in [5, 5.41) is 18.6. The fourth-order valence-corrected chi connectivity index (χ4v) is 1.04. The first kappa shape index (κ1) is 9.03. The quantitative estimate of drug-likeness (QED) is 0.655. The van der Waals surface area contributed by atoms with Crippen LogP contribution in [0, 0.1) is 6.92 Å². The molecule has 0 aliphatic rings. The lowest BCUT2D eigenvalue weighted by molar-refractivity contribution is -0.0774. The van der Waals surface area contributed by atoms with Crippen molar-refractivity contribution in [3.8, 4) is 5.75 Å². The second-order valence-corrected chi connectivity index (χ2v) is 2.58. The Balaban J connectivity index is 3.07. The van der Waals surface area contributed by atoms with Crippen molar-refractivity contribution in [1.82, 2.24) is 0 Å². The zero-order valence-electron chi connectivity index (χ0n) is 7.11. The van der Waals surface area contributed by atoms with Crippen molar-refractivity contribution in [3.05, 3.63) is 29.3 Å². The Hall–Kier alpha value is -1.06. The third-order valence-electron chi connectivity index (χ3n) is 1.84. The standard InChI is InChI=1S/C9H12O3/c1-6-7(9(11)12-2)4-3-5-8(6)10/h3-5,9-11H,1-2H3. The highest BCUT2D eigenvalue weighted by molar-refractivity contribution is 5.38. The first-order valence-corrected chi connectivity index (χ1v) is 3.66. The van der Waals surface area contributed by atoms with Crippen molar-refractivity contribution in [1.29, 1.82) is 0 Å². The van der Waals surface area contributed by atoms with Gasteiger partial charge in [-0.25, -0.2) is 0 Å². The summed E-state index contributed by atoms with van der Waals surface area (Å²) in [6.45, 7) is 1.73. The maximum absolute atomic E-state index is 9.30. The van der Waals surface area contributed by atoms with E-state index in [1.165, 1.54) is 7.11 Å². The number of aromatic hydroxyl groups is 1. The van der Waals surface area contributed by atoms with Crippen LogP contribution in [0.4, 0.5) is 0 Å². The van der Waals surface area contributed by atoms with Crippen molar-refractivity contribution in [2.45, 2.75) is 13.2 Å². The number of ether oxygens (including phenoxy) is 1. The molecule has 0 fully saturated rings. The molecule has 1 rings (SSSR count). The van der Waals surface area contributed by atoms with Crippen LogP contribution in [0.1, 0.15) is 17.4 Å². The minimum atomic E-state index is -0.961. The molecule has 1 aromatic rings. The topological polar surface area (TPSA) is 49.7 Å². The van der Waals surface area contributed by atoms with Crippen molar-refractivity contribution < 1.29 is 14.9 Å². The fourth-order valence-electron chi connectivity index (χ4n) is 1.04. The lowest BCUT2D eigenvalue weighted by Gasteiger charge is -2.12. The van der Waals surface area contributed by atoms with Gasteiger partial charge >= 0.3 is 0 Å². The van der Waals surface area contributed by atoms with Crippen LogP contribution in [-0.2, 0) is 4.74 Å². The Kier molecular flexibility index (Phi) is 2.68. The molecule has 0 aliphatic heterocycles. The van der Waals surface area contributed by atoms with Gasteiger partial charge in [0.25, 0.3) is 0 Å². The smallest absolute Gasteiger partial charge is 0.181 e. The van der Waals surface area contributed by atoms with E-state index in [-0.39, 0.29) is 5.75 Å². The summed E-state index contributed by atoms with van der Waals surface area (Å²) >= 11 is 0. The zero-order valence-corrected chi connectivity index (χ0v) is 7.11. The number of phenolic OH excluding ortho intramolecular Hbond substituents is 1. The molecule has 66 valence electrons. The van der Waals surface area contributed by atoms with E-state index in [9.17, 15) is 10.2 Å². The molecular formula is C9H12O3. The molecule has 0 saturated heterocycles. The molecule has 2 N–H and O–H groups in total. The molecule has 0 spiro atoms.